The Balaban J connectivity index is 1.73. The number of ether oxygens (including phenoxy) is 1. The first kappa shape index (κ1) is 16.1. The van der Waals surface area contributed by atoms with E-state index in [2.05, 4.69) is 10.5 Å². The minimum Gasteiger partial charge on any atom is -0.482 e. The molecule has 0 radical (unpaired) electrons. The molecule has 0 heterocycles. The highest BCUT2D eigenvalue weighted by Gasteiger charge is 2.11. The highest BCUT2D eigenvalue weighted by atomic mass is 35.5. The predicted octanol–water partition coefficient (Wildman–Crippen LogP) is 4.05. The van der Waals surface area contributed by atoms with Crippen LogP contribution >= 0.6 is 23.2 Å². The smallest absolute Gasteiger partial charge is 0.277 e. The Morgan fingerprint density at radius 2 is 2.10 bits per heavy atom. The molecule has 0 aromatic heterocycles. The molecule has 6 heteroatoms. The maximum atomic E-state index is 11.6. The third kappa shape index (κ3) is 5.56. The molecule has 0 atom stereocenters. The maximum Gasteiger partial charge on any atom is 0.277 e. The number of benzene rings is 1. The molecule has 0 bridgehead atoms. The first-order chi connectivity index (χ1) is 10.1. The number of carbonyl (C=O) groups excluding carboxylic acids is 1. The van der Waals surface area contributed by atoms with E-state index in [1.54, 1.807) is 18.2 Å². The van der Waals surface area contributed by atoms with Gasteiger partial charge in [0.05, 0.1) is 5.02 Å². The first-order valence-electron chi connectivity index (χ1n) is 7.05. The Hall–Kier alpha value is -1.26. The summed E-state index contributed by atoms with van der Waals surface area (Å²) in [6, 6.07) is 4.85. The van der Waals surface area contributed by atoms with Gasteiger partial charge in [-0.05, 0) is 37.0 Å². The van der Waals surface area contributed by atoms with Gasteiger partial charge in [-0.1, -0.05) is 42.5 Å². The Labute approximate surface area is 134 Å². The summed E-state index contributed by atoms with van der Waals surface area (Å²) >= 11 is 11.7. The van der Waals surface area contributed by atoms with Crippen molar-refractivity contribution < 1.29 is 9.53 Å². The van der Waals surface area contributed by atoms with Gasteiger partial charge in [-0.3, -0.25) is 4.79 Å². The number of halogens is 2. The number of carbonyl (C=O) groups is 1. The molecule has 114 valence electrons. The minimum absolute atomic E-state index is 0.136. The molecular weight excluding hydrogens is 311 g/mol. The number of hydrogen-bond donors (Lipinski definition) is 1. The zero-order valence-electron chi connectivity index (χ0n) is 11.6. The van der Waals surface area contributed by atoms with Gasteiger partial charge in [0.25, 0.3) is 5.91 Å². The molecule has 0 saturated heterocycles. The van der Waals surface area contributed by atoms with Gasteiger partial charge in [0.1, 0.15) is 5.75 Å². The highest BCUT2D eigenvalue weighted by molar-refractivity contribution is 6.35. The SMILES string of the molecule is O=C(COc1ccc(Cl)cc1Cl)N/N=C/C1CCCCC1. The standard InChI is InChI=1S/C15H18Cl2N2O2/c16-12-6-7-14(13(17)8-12)21-10-15(20)19-18-9-11-4-2-1-3-5-11/h6-9,11H,1-5,10H2,(H,19,20)/b18-9+. The predicted molar refractivity (Wildman–Crippen MR) is 85.2 cm³/mol. The molecule has 21 heavy (non-hydrogen) atoms. The van der Waals surface area contributed by atoms with Crippen molar-refractivity contribution in [1.29, 1.82) is 0 Å². The van der Waals surface area contributed by atoms with Gasteiger partial charge in [0, 0.05) is 11.2 Å². The van der Waals surface area contributed by atoms with Crippen LogP contribution in [0.15, 0.2) is 23.3 Å². The van der Waals surface area contributed by atoms with Gasteiger partial charge in [-0.15, -0.1) is 0 Å². The largest absolute Gasteiger partial charge is 0.482 e. The first-order valence-corrected chi connectivity index (χ1v) is 7.80. The van der Waals surface area contributed by atoms with E-state index in [4.69, 9.17) is 27.9 Å². The van der Waals surface area contributed by atoms with E-state index in [0.717, 1.165) is 12.8 Å². The molecule has 1 N–H and O–H groups in total. The monoisotopic (exact) mass is 328 g/mol. The summed E-state index contributed by atoms with van der Waals surface area (Å²) in [6.07, 6.45) is 7.90. The average molecular weight is 329 g/mol. The van der Waals surface area contributed by atoms with E-state index in [9.17, 15) is 4.79 Å². The van der Waals surface area contributed by atoms with Crippen LogP contribution in [-0.2, 0) is 4.79 Å². The number of amides is 1. The van der Waals surface area contributed by atoms with Gasteiger partial charge in [-0.25, -0.2) is 5.43 Å². The number of nitrogens with zero attached hydrogens (tertiary/aromatic N) is 1. The van der Waals surface area contributed by atoms with Crippen molar-refractivity contribution in [3.63, 3.8) is 0 Å². The quantitative estimate of drug-likeness (QED) is 0.654. The summed E-state index contributed by atoms with van der Waals surface area (Å²) in [7, 11) is 0. The lowest BCUT2D eigenvalue weighted by Crippen LogP contribution is -2.25. The second-order valence-corrected chi connectivity index (χ2v) is 5.92. The fourth-order valence-electron chi connectivity index (χ4n) is 2.27. The van der Waals surface area contributed by atoms with Crippen LogP contribution in [0.4, 0.5) is 0 Å². The number of hydrazone groups is 1. The Bertz CT molecular complexity index is 514. The molecule has 1 aromatic rings. The Morgan fingerprint density at radius 3 is 2.81 bits per heavy atom. The van der Waals surface area contributed by atoms with Crippen LogP contribution in [-0.4, -0.2) is 18.7 Å². The summed E-state index contributed by atoms with van der Waals surface area (Å²) in [6.45, 7) is -0.136. The van der Waals surface area contributed by atoms with Gasteiger partial charge in [0.2, 0.25) is 0 Å². The fourth-order valence-corrected chi connectivity index (χ4v) is 2.73. The normalized spacial score (nSPS) is 16.1. The molecule has 0 unspecified atom stereocenters. The van der Waals surface area contributed by atoms with Crippen molar-refractivity contribution in [2.45, 2.75) is 32.1 Å². The second-order valence-electron chi connectivity index (χ2n) is 5.07. The zero-order chi connectivity index (χ0) is 15.1. The summed E-state index contributed by atoms with van der Waals surface area (Å²) in [4.78, 5) is 11.6. The molecule has 1 saturated carbocycles. The fraction of sp³-hybridized carbons (Fsp3) is 0.467. The van der Waals surface area contributed by atoms with Crippen molar-refractivity contribution in [1.82, 2.24) is 5.43 Å². The Kier molecular flexibility index (Phi) is 6.33. The molecule has 1 fully saturated rings. The lowest BCUT2D eigenvalue weighted by Gasteiger charge is -2.16. The minimum atomic E-state index is -0.312. The van der Waals surface area contributed by atoms with Crippen molar-refractivity contribution in [3.05, 3.63) is 28.2 Å². The summed E-state index contributed by atoms with van der Waals surface area (Å²) in [5.74, 6) is 0.589. The van der Waals surface area contributed by atoms with Crippen molar-refractivity contribution in [3.8, 4) is 5.75 Å². The molecule has 0 aliphatic heterocycles. The van der Waals surface area contributed by atoms with E-state index in [1.807, 2.05) is 6.21 Å². The molecule has 0 spiro atoms. The van der Waals surface area contributed by atoms with Crippen LogP contribution in [0, 0.1) is 5.92 Å². The van der Waals surface area contributed by atoms with Gasteiger partial charge < -0.3 is 4.74 Å². The third-order valence-corrected chi connectivity index (χ3v) is 3.91. The second kappa shape index (κ2) is 8.25. The number of rotatable bonds is 5. The molecule has 1 aliphatic carbocycles. The van der Waals surface area contributed by atoms with Gasteiger partial charge in [-0.2, -0.15) is 5.10 Å². The molecule has 4 nitrogen and oxygen atoms in total. The summed E-state index contributed by atoms with van der Waals surface area (Å²) in [5.41, 5.74) is 2.47. The molecule has 1 aliphatic rings. The molecule has 2 rings (SSSR count). The third-order valence-electron chi connectivity index (χ3n) is 3.38. The topological polar surface area (TPSA) is 50.7 Å². The summed E-state index contributed by atoms with van der Waals surface area (Å²) < 4.78 is 5.32. The highest BCUT2D eigenvalue weighted by Crippen LogP contribution is 2.27. The van der Waals surface area contributed by atoms with Crippen molar-refractivity contribution in [2.75, 3.05) is 6.61 Å². The van der Waals surface area contributed by atoms with Crippen molar-refractivity contribution in [2.24, 2.45) is 11.0 Å². The molecule has 1 aromatic carbocycles. The Morgan fingerprint density at radius 1 is 1.33 bits per heavy atom. The zero-order valence-corrected chi connectivity index (χ0v) is 13.2. The lowest BCUT2D eigenvalue weighted by atomic mass is 9.90. The number of nitrogens with one attached hydrogen (secondary N) is 1. The maximum absolute atomic E-state index is 11.6. The van der Waals surface area contributed by atoms with Crippen molar-refractivity contribution >= 4 is 35.3 Å². The lowest BCUT2D eigenvalue weighted by molar-refractivity contribution is -0.123. The van der Waals surface area contributed by atoms with Gasteiger partial charge in [0.15, 0.2) is 6.61 Å². The van der Waals surface area contributed by atoms with E-state index in [1.165, 1.54) is 19.3 Å². The van der Waals surface area contributed by atoms with E-state index < -0.39 is 0 Å². The van der Waals surface area contributed by atoms with E-state index >= 15 is 0 Å². The van der Waals surface area contributed by atoms with Gasteiger partial charge >= 0.3 is 0 Å². The van der Waals surface area contributed by atoms with Crippen LogP contribution in [0.2, 0.25) is 10.0 Å². The summed E-state index contributed by atoms with van der Waals surface area (Å²) in [5, 5.41) is 4.88. The van der Waals surface area contributed by atoms with Crippen LogP contribution < -0.4 is 10.2 Å². The molecular formula is C15H18Cl2N2O2. The average Bonchev–Trinajstić information content (AvgIpc) is 2.47. The van der Waals surface area contributed by atoms with E-state index in [0.29, 0.717) is 21.7 Å². The molecule has 1 amide bonds. The van der Waals surface area contributed by atoms with Crippen LogP contribution in [0.3, 0.4) is 0 Å². The van der Waals surface area contributed by atoms with Crippen LogP contribution in [0.1, 0.15) is 32.1 Å². The van der Waals surface area contributed by atoms with Crippen LogP contribution in [0.25, 0.3) is 0 Å². The number of hydrogen-bond acceptors (Lipinski definition) is 3. The van der Waals surface area contributed by atoms with E-state index in [-0.39, 0.29) is 12.5 Å². The van der Waals surface area contributed by atoms with Crippen LogP contribution in [0.5, 0.6) is 5.75 Å².